The summed E-state index contributed by atoms with van der Waals surface area (Å²) in [6.45, 7) is 3.59. The lowest BCUT2D eigenvalue weighted by Gasteiger charge is -2.32. The first-order chi connectivity index (χ1) is 13.2. The monoisotopic (exact) mass is 446 g/mol. The number of halogens is 1. The van der Waals surface area contributed by atoms with Crippen LogP contribution in [0.1, 0.15) is 24.0 Å². The predicted molar refractivity (Wildman–Crippen MR) is 118 cm³/mol. The maximum absolute atomic E-state index is 12.5. The van der Waals surface area contributed by atoms with Crippen LogP contribution in [0, 0.1) is 5.92 Å². The number of benzene rings is 2. The van der Waals surface area contributed by atoms with Crippen molar-refractivity contribution in [3.8, 4) is 0 Å². The zero-order valence-corrected chi connectivity index (χ0v) is 18.0. The van der Waals surface area contributed by atoms with Crippen LogP contribution < -0.4 is 5.32 Å². The highest BCUT2D eigenvalue weighted by molar-refractivity contribution is 9.10. The molecule has 1 aliphatic rings. The highest BCUT2D eigenvalue weighted by Crippen LogP contribution is 2.20. The van der Waals surface area contributed by atoms with Gasteiger partial charge >= 0.3 is 0 Å². The fourth-order valence-electron chi connectivity index (χ4n) is 3.46. The number of hydrogen-bond acceptors (Lipinski definition) is 3. The Kier molecular flexibility index (Phi) is 8.24. The van der Waals surface area contributed by atoms with Gasteiger partial charge in [-0.1, -0.05) is 58.4 Å². The van der Waals surface area contributed by atoms with Gasteiger partial charge in [-0.15, -0.1) is 0 Å². The molecule has 1 N–H and O–H groups in total. The fourth-order valence-corrected chi connectivity index (χ4v) is 4.73. The molecule has 2 aromatic carbocycles. The number of hydrogen-bond donors (Lipinski definition) is 1. The van der Waals surface area contributed by atoms with Crippen LogP contribution in [0.25, 0.3) is 0 Å². The average Bonchev–Trinajstić information content (AvgIpc) is 2.68. The van der Waals surface area contributed by atoms with E-state index in [1.54, 1.807) is 0 Å². The van der Waals surface area contributed by atoms with Crippen molar-refractivity contribution in [3.63, 3.8) is 0 Å². The number of piperidine rings is 1. The van der Waals surface area contributed by atoms with E-state index in [0.717, 1.165) is 55.0 Å². The number of rotatable bonds is 8. The van der Waals surface area contributed by atoms with E-state index in [1.165, 1.54) is 11.1 Å². The van der Waals surface area contributed by atoms with Gasteiger partial charge in [0.05, 0.1) is 5.92 Å². The summed E-state index contributed by atoms with van der Waals surface area (Å²) < 4.78 is 1.11. The first kappa shape index (κ1) is 20.4. The number of nitrogens with zero attached hydrogens (tertiary/aromatic N) is 1. The van der Waals surface area contributed by atoms with Gasteiger partial charge in [0, 0.05) is 35.6 Å². The van der Waals surface area contributed by atoms with Crippen LogP contribution in [0.15, 0.2) is 59.1 Å². The van der Waals surface area contributed by atoms with E-state index in [2.05, 4.69) is 68.6 Å². The van der Waals surface area contributed by atoms with Crippen molar-refractivity contribution >= 4 is 33.6 Å². The Morgan fingerprint density at radius 2 is 1.96 bits per heavy atom. The summed E-state index contributed by atoms with van der Waals surface area (Å²) in [6.07, 6.45) is 2.09. The molecule has 0 radical (unpaired) electrons. The smallest absolute Gasteiger partial charge is 0.224 e. The highest BCUT2D eigenvalue weighted by Gasteiger charge is 2.25. The SMILES string of the molecule is O=C(NCCSCc1ccccc1)C1CCCN(Cc2cccc(Br)c2)C1. The van der Waals surface area contributed by atoms with Gasteiger partial charge < -0.3 is 5.32 Å². The minimum atomic E-state index is 0.116. The topological polar surface area (TPSA) is 32.3 Å². The first-order valence-corrected chi connectivity index (χ1v) is 11.5. The average molecular weight is 447 g/mol. The summed E-state index contributed by atoms with van der Waals surface area (Å²) in [6, 6.07) is 18.9. The number of carbonyl (C=O) groups is 1. The molecule has 27 heavy (non-hydrogen) atoms. The molecule has 0 aromatic heterocycles. The molecule has 0 aliphatic carbocycles. The molecule has 5 heteroatoms. The van der Waals surface area contributed by atoms with Crippen LogP contribution in [-0.4, -0.2) is 36.2 Å². The molecule has 2 aromatic rings. The largest absolute Gasteiger partial charge is 0.355 e. The minimum Gasteiger partial charge on any atom is -0.355 e. The van der Waals surface area contributed by atoms with E-state index < -0.39 is 0 Å². The number of nitrogens with one attached hydrogen (secondary N) is 1. The lowest BCUT2D eigenvalue weighted by molar-refractivity contribution is -0.126. The van der Waals surface area contributed by atoms with Gasteiger partial charge in [-0.3, -0.25) is 9.69 Å². The third-order valence-electron chi connectivity index (χ3n) is 4.83. The van der Waals surface area contributed by atoms with Gasteiger partial charge in [-0.25, -0.2) is 0 Å². The Morgan fingerprint density at radius 3 is 2.78 bits per heavy atom. The molecule has 1 amide bonds. The van der Waals surface area contributed by atoms with E-state index in [4.69, 9.17) is 0 Å². The molecule has 0 spiro atoms. The zero-order valence-electron chi connectivity index (χ0n) is 15.6. The molecule has 1 fully saturated rings. The second-order valence-electron chi connectivity index (χ2n) is 7.03. The standard InChI is InChI=1S/C22H27BrN2OS/c23-21-10-4-8-19(14-21)15-25-12-5-9-20(16-25)22(26)24-11-13-27-17-18-6-2-1-3-7-18/h1-4,6-8,10,14,20H,5,9,11-13,15-17H2,(H,24,26). The van der Waals surface area contributed by atoms with Crippen molar-refractivity contribution in [1.82, 2.24) is 10.2 Å². The van der Waals surface area contributed by atoms with Crippen LogP contribution in [0.5, 0.6) is 0 Å². The van der Waals surface area contributed by atoms with Crippen molar-refractivity contribution in [2.24, 2.45) is 5.92 Å². The molecular weight excluding hydrogens is 420 g/mol. The van der Waals surface area contributed by atoms with Crippen molar-refractivity contribution < 1.29 is 4.79 Å². The second-order valence-corrected chi connectivity index (χ2v) is 9.05. The fraction of sp³-hybridized carbons (Fsp3) is 0.409. The number of likely N-dealkylation sites (tertiary alicyclic amines) is 1. The molecule has 0 saturated carbocycles. The zero-order chi connectivity index (χ0) is 18.9. The van der Waals surface area contributed by atoms with Crippen LogP contribution in [-0.2, 0) is 17.1 Å². The number of thioether (sulfide) groups is 1. The highest BCUT2D eigenvalue weighted by atomic mass is 79.9. The predicted octanol–water partition coefficient (Wildman–Crippen LogP) is 4.71. The van der Waals surface area contributed by atoms with Crippen LogP contribution in [0.2, 0.25) is 0 Å². The minimum absolute atomic E-state index is 0.116. The Balaban J connectivity index is 1.36. The molecule has 1 aliphatic heterocycles. The summed E-state index contributed by atoms with van der Waals surface area (Å²) in [4.78, 5) is 14.9. The first-order valence-electron chi connectivity index (χ1n) is 9.57. The molecule has 144 valence electrons. The summed E-state index contributed by atoms with van der Waals surface area (Å²) in [7, 11) is 0. The van der Waals surface area contributed by atoms with Gasteiger partial charge in [0.1, 0.15) is 0 Å². The molecule has 1 saturated heterocycles. The van der Waals surface area contributed by atoms with Gasteiger partial charge in [0.25, 0.3) is 0 Å². The van der Waals surface area contributed by atoms with Gasteiger partial charge in [-0.2, -0.15) is 11.8 Å². The summed E-state index contributed by atoms with van der Waals surface area (Å²) in [5.74, 6) is 2.29. The third-order valence-corrected chi connectivity index (χ3v) is 6.35. The Labute approximate surface area is 175 Å². The van der Waals surface area contributed by atoms with Crippen molar-refractivity contribution in [1.29, 1.82) is 0 Å². The molecule has 1 heterocycles. The second kappa shape index (κ2) is 10.9. The Hall–Kier alpha value is -1.30. The third kappa shape index (κ3) is 6.98. The lowest BCUT2D eigenvalue weighted by atomic mass is 9.96. The van der Waals surface area contributed by atoms with E-state index >= 15 is 0 Å². The van der Waals surface area contributed by atoms with E-state index in [0.29, 0.717) is 0 Å². The van der Waals surface area contributed by atoms with Crippen LogP contribution >= 0.6 is 27.7 Å². The van der Waals surface area contributed by atoms with Crippen LogP contribution in [0.3, 0.4) is 0 Å². The van der Waals surface area contributed by atoms with Gasteiger partial charge in [0.15, 0.2) is 0 Å². The van der Waals surface area contributed by atoms with E-state index in [9.17, 15) is 4.79 Å². The molecule has 3 nitrogen and oxygen atoms in total. The molecule has 1 atom stereocenters. The van der Waals surface area contributed by atoms with Crippen LogP contribution in [0.4, 0.5) is 0 Å². The van der Waals surface area contributed by atoms with Gasteiger partial charge in [-0.05, 0) is 42.6 Å². The summed E-state index contributed by atoms with van der Waals surface area (Å²) in [5.41, 5.74) is 2.63. The summed E-state index contributed by atoms with van der Waals surface area (Å²) >= 11 is 5.40. The van der Waals surface area contributed by atoms with E-state index in [1.807, 2.05) is 23.9 Å². The molecular formula is C22H27BrN2OS. The van der Waals surface area contributed by atoms with E-state index in [-0.39, 0.29) is 11.8 Å². The number of amides is 1. The number of carbonyl (C=O) groups excluding carboxylic acids is 1. The maximum atomic E-state index is 12.5. The van der Waals surface area contributed by atoms with Crippen molar-refractivity contribution in [3.05, 3.63) is 70.2 Å². The van der Waals surface area contributed by atoms with Crippen molar-refractivity contribution in [2.75, 3.05) is 25.4 Å². The van der Waals surface area contributed by atoms with Crippen molar-refractivity contribution in [2.45, 2.75) is 25.1 Å². The molecule has 3 rings (SSSR count). The molecule has 1 unspecified atom stereocenters. The maximum Gasteiger partial charge on any atom is 0.224 e. The van der Waals surface area contributed by atoms with Gasteiger partial charge in [0.2, 0.25) is 5.91 Å². The Morgan fingerprint density at radius 1 is 1.15 bits per heavy atom. The quantitative estimate of drug-likeness (QED) is 0.595. The lowest BCUT2D eigenvalue weighted by Crippen LogP contribution is -2.43. The summed E-state index contributed by atoms with van der Waals surface area (Å²) in [5, 5.41) is 3.14. The normalized spacial score (nSPS) is 17.6. The Bertz CT molecular complexity index is 725. The molecule has 0 bridgehead atoms.